The zero-order valence-electron chi connectivity index (χ0n) is 14.8. The molecule has 0 bridgehead atoms. The number of benzene rings is 2. The van der Waals surface area contributed by atoms with Crippen LogP contribution in [0.3, 0.4) is 0 Å². The topological polar surface area (TPSA) is 46.9 Å². The maximum atomic E-state index is 13.1. The van der Waals surface area contributed by atoms with Gasteiger partial charge >= 0.3 is 0 Å². The summed E-state index contributed by atoms with van der Waals surface area (Å²) in [5.74, 6) is -0.456. The zero-order valence-corrected chi connectivity index (χ0v) is 15.6. The summed E-state index contributed by atoms with van der Waals surface area (Å²) in [6.45, 7) is 2.39. The van der Waals surface area contributed by atoms with Crippen LogP contribution in [0, 0.1) is 12.7 Å². The number of halogens is 1. The summed E-state index contributed by atoms with van der Waals surface area (Å²) in [6.07, 6.45) is 2.33. The average Bonchev–Trinajstić information content (AvgIpc) is 3.26. The van der Waals surface area contributed by atoms with Gasteiger partial charge in [0.1, 0.15) is 5.82 Å². The lowest BCUT2D eigenvalue weighted by molar-refractivity contribution is 0.0953. The highest BCUT2D eigenvalue weighted by Crippen LogP contribution is 2.25. The van der Waals surface area contributed by atoms with Crippen LogP contribution in [0.4, 0.5) is 4.39 Å². The van der Waals surface area contributed by atoms with E-state index in [1.165, 1.54) is 27.8 Å². The van der Waals surface area contributed by atoms with E-state index in [9.17, 15) is 9.18 Å². The van der Waals surface area contributed by atoms with Crippen molar-refractivity contribution < 1.29 is 9.18 Å². The Morgan fingerprint density at radius 1 is 1.19 bits per heavy atom. The van der Waals surface area contributed by atoms with Crippen molar-refractivity contribution in [2.45, 2.75) is 13.3 Å². The van der Waals surface area contributed by atoms with Crippen LogP contribution in [-0.4, -0.2) is 22.2 Å². The molecule has 27 heavy (non-hydrogen) atoms. The first kappa shape index (κ1) is 17.4. The van der Waals surface area contributed by atoms with Crippen LogP contribution < -0.4 is 5.32 Å². The fraction of sp³-hybridized carbons (Fsp3) is 0.143. The molecule has 6 heteroatoms. The molecule has 4 rings (SSSR count). The van der Waals surface area contributed by atoms with Crippen molar-refractivity contribution in [2.75, 3.05) is 6.54 Å². The lowest BCUT2D eigenvalue weighted by Gasteiger charge is -2.07. The van der Waals surface area contributed by atoms with Gasteiger partial charge in [0.25, 0.3) is 5.91 Å². The van der Waals surface area contributed by atoms with Gasteiger partial charge in [-0.1, -0.05) is 18.2 Å². The average molecular weight is 379 g/mol. The molecular formula is C21H18FN3OS. The summed E-state index contributed by atoms with van der Waals surface area (Å²) in [6, 6.07) is 14.3. The van der Waals surface area contributed by atoms with Crippen molar-refractivity contribution in [1.82, 2.24) is 15.1 Å². The number of carbonyl (C=O) groups is 1. The van der Waals surface area contributed by atoms with E-state index in [1.54, 1.807) is 34.3 Å². The minimum absolute atomic E-state index is 0.152. The van der Waals surface area contributed by atoms with Crippen molar-refractivity contribution in [1.29, 1.82) is 0 Å². The van der Waals surface area contributed by atoms with E-state index in [0.717, 1.165) is 17.8 Å². The predicted octanol–water partition coefficient (Wildman–Crippen LogP) is 4.51. The molecule has 1 N–H and O–H groups in total. The number of rotatable bonds is 5. The van der Waals surface area contributed by atoms with Gasteiger partial charge in [-0.25, -0.2) is 9.07 Å². The Hall–Kier alpha value is -2.99. The predicted molar refractivity (Wildman–Crippen MR) is 106 cm³/mol. The number of hydrogen-bond acceptors (Lipinski definition) is 3. The number of hydrogen-bond donors (Lipinski definition) is 1. The van der Waals surface area contributed by atoms with E-state index in [1.807, 2.05) is 19.1 Å². The molecule has 4 aromatic rings. The number of aromatic nitrogens is 2. The van der Waals surface area contributed by atoms with E-state index in [4.69, 9.17) is 0 Å². The van der Waals surface area contributed by atoms with E-state index in [0.29, 0.717) is 12.1 Å². The summed E-state index contributed by atoms with van der Waals surface area (Å²) in [5, 5.41) is 10.6. The fourth-order valence-electron chi connectivity index (χ4n) is 3.11. The molecule has 0 spiro atoms. The molecule has 2 aromatic carbocycles. The molecule has 0 atom stereocenters. The Morgan fingerprint density at radius 3 is 2.78 bits per heavy atom. The maximum Gasteiger partial charge on any atom is 0.254 e. The highest BCUT2D eigenvalue weighted by atomic mass is 32.1. The molecule has 1 amide bonds. The third-order valence-electron chi connectivity index (χ3n) is 4.57. The van der Waals surface area contributed by atoms with Gasteiger partial charge in [0, 0.05) is 11.2 Å². The summed E-state index contributed by atoms with van der Waals surface area (Å²) in [4.78, 5) is 12.5. The first-order valence-electron chi connectivity index (χ1n) is 8.67. The molecule has 0 aliphatic rings. The Labute approximate surface area is 160 Å². The summed E-state index contributed by atoms with van der Waals surface area (Å²) in [7, 11) is 0. The van der Waals surface area contributed by atoms with E-state index < -0.39 is 0 Å². The van der Waals surface area contributed by atoms with Crippen LogP contribution in [0.15, 0.2) is 60.1 Å². The quantitative estimate of drug-likeness (QED) is 0.555. The summed E-state index contributed by atoms with van der Waals surface area (Å²) >= 11 is 1.72. The monoisotopic (exact) mass is 379 g/mol. The van der Waals surface area contributed by atoms with Crippen molar-refractivity contribution in [3.63, 3.8) is 0 Å². The minimum atomic E-state index is -0.303. The van der Waals surface area contributed by atoms with Crippen molar-refractivity contribution >= 4 is 27.3 Å². The highest BCUT2D eigenvalue weighted by molar-refractivity contribution is 7.17. The van der Waals surface area contributed by atoms with Crippen LogP contribution in [0.2, 0.25) is 0 Å². The summed E-state index contributed by atoms with van der Waals surface area (Å²) < 4.78 is 16.0. The van der Waals surface area contributed by atoms with E-state index in [2.05, 4.69) is 27.9 Å². The number of amides is 1. The molecule has 0 aliphatic carbocycles. The molecule has 0 saturated heterocycles. The van der Waals surface area contributed by atoms with Gasteiger partial charge in [-0.05, 0) is 60.0 Å². The fourth-order valence-corrected chi connectivity index (χ4v) is 4.10. The van der Waals surface area contributed by atoms with Gasteiger partial charge in [-0.3, -0.25) is 4.79 Å². The van der Waals surface area contributed by atoms with Crippen molar-refractivity contribution in [3.05, 3.63) is 82.7 Å². The molecule has 0 saturated carbocycles. The first-order valence-corrected chi connectivity index (χ1v) is 9.55. The lowest BCUT2D eigenvalue weighted by Crippen LogP contribution is -2.26. The number of fused-ring (bicyclic) bond motifs is 1. The Kier molecular flexibility index (Phi) is 4.73. The smallest absolute Gasteiger partial charge is 0.254 e. The second-order valence-corrected chi connectivity index (χ2v) is 7.21. The van der Waals surface area contributed by atoms with E-state index in [-0.39, 0.29) is 11.7 Å². The van der Waals surface area contributed by atoms with Gasteiger partial charge in [0.2, 0.25) is 0 Å². The maximum absolute atomic E-state index is 13.1. The van der Waals surface area contributed by atoms with Gasteiger partial charge in [-0.2, -0.15) is 5.10 Å². The molecule has 0 unspecified atom stereocenters. The molecule has 4 nitrogen and oxygen atoms in total. The molecule has 2 aromatic heterocycles. The van der Waals surface area contributed by atoms with Gasteiger partial charge < -0.3 is 5.32 Å². The number of nitrogens with one attached hydrogen (secondary N) is 1. The molecular weight excluding hydrogens is 361 g/mol. The minimum Gasteiger partial charge on any atom is -0.352 e. The van der Waals surface area contributed by atoms with E-state index >= 15 is 0 Å². The van der Waals surface area contributed by atoms with Crippen molar-refractivity contribution in [3.8, 4) is 5.69 Å². The Bertz CT molecular complexity index is 1100. The molecule has 0 fully saturated rings. The Morgan fingerprint density at radius 2 is 1.96 bits per heavy atom. The highest BCUT2D eigenvalue weighted by Gasteiger charge is 2.15. The van der Waals surface area contributed by atoms with Gasteiger partial charge in [-0.15, -0.1) is 11.3 Å². The number of carbonyl (C=O) groups excluding carboxylic acids is 1. The van der Waals surface area contributed by atoms with Crippen LogP contribution in [-0.2, 0) is 6.42 Å². The molecule has 2 heterocycles. The van der Waals surface area contributed by atoms with Gasteiger partial charge in [0.15, 0.2) is 0 Å². The third-order valence-corrected chi connectivity index (χ3v) is 5.58. The Balaban J connectivity index is 1.43. The normalized spacial score (nSPS) is 11.0. The van der Waals surface area contributed by atoms with Crippen molar-refractivity contribution in [2.24, 2.45) is 0 Å². The number of thiophene rings is 1. The van der Waals surface area contributed by atoms with Crippen LogP contribution >= 0.6 is 11.3 Å². The van der Waals surface area contributed by atoms with Crippen LogP contribution in [0.1, 0.15) is 21.6 Å². The zero-order chi connectivity index (χ0) is 18.8. The lowest BCUT2D eigenvalue weighted by atomic mass is 10.1. The standard InChI is InChI=1S/C21H18FN3OS/c1-14-19(12-24-25(14)17-8-6-16(22)7-9-17)21(26)23-11-10-15-13-27-20-5-3-2-4-18(15)20/h2-9,12-13H,10-11H2,1H3,(H,23,26). The number of nitrogens with zero attached hydrogens (tertiary/aromatic N) is 2. The molecule has 0 radical (unpaired) electrons. The van der Waals surface area contributed by atoms with Gasteiger partial charge in [0.05, 0.1) is 23.1 Å². The first-order chi connectivity index (χ1) is 13.1. The SMILES string of the molecule is Cc1c(C(=O)NCCc2csc3ccccc23)cnn1-c1ccc(F)cc1. The van der Waals surface area contributed by atoms with Crippen LogP contribution in [0.25, 0.3) is 15.8 Å². The second kappa shape index (κ2) is 7.32. The second-order valence-electron chi connectivity index (χ2n) is 6.29. The summed E-state index contributed by atoms with van der Waals surface area (Å²) in [5.41, 5.74) is 3.21. The molecule has 0 aliphatic heterocycles. The third kappa shape index (κ3) is 3.48. The molecule has 136 valence electrons. The van der Waals surface area contributed by atoms with Crippen LogP contribution in [0.5, 0.6) is 0 Å². The largest absolute Gasteiger partial charge is 0.352 e.